The lowest BCUT2D eigenvalue weighted by Gasteiger charge is -2.10. The van der Waals surface area contributed by atoms with Crippen LogP contribution >= 0.6 is 0 Å². The summed E-state index contributed by atoms with van der Waals surface area (Å²) in [5.41, 5.74) is 0.538. The average molecular weight is 418 g/mol. The van der Waals surface area contributed by atoms with E-state index in [-0.39, 0.29) is 11.1 Å². The van der Waals surface area contributed by atoms with E-state index in [1.165, 1.54) is 6.07 Å². The second-order valence-corrected chi connectivity index (χ2v) is 7.31. The number of hydrogen-bond donors (Lipinski definition) is 0. The van der Waals surface area contributed by atoms with Gasteiger partial charge in [-0.1, -0.05) is 78.9 Å². The molecule has 5 rings (SSSR count). The number of carbonyl (C=O) groups excluding carboxylic acids is 2. The van der Waals surface area contributed by atoms with Crippen LogP contribution in [0.2, 0.25) is 0 Å². The van der Waals surface area contributed by atoms with Crippen molar-refractivity contribution in [3.8, 4) is 11.5 Å². The third-order valence-corrected chi connectivity index (χ3v) is 5.24. The van der Waals surface area contributed by atoms with Gasteiger partial charge in [0.25, 0.3) is 0 Å². The molecule has 0 fully saturated rings. The highest BCUT2D eigenvalue weighted by Gasteiger charge is 2.16. The predicted octanol–water partition coefficient (Wildman–Crippen LogP) is 6.43. The monoisotopic (exact) mass is 418 g/mol. The number of benzene rings is 5. The number of rotatable bonds is 4. The lowest BCUT2D eigenvalue weighted by Crippen LogP contribution is -2.12. The highest BCUT2D eigenvalue weighted by atomic mass is 16.5. The summed E-state index contributed by atoms with van der Waals surface area (Å²) in [6.45, 7) is 0. The summed E-state index contributed by atoms with van der Waals surface area (Å²) in [5.74, 6) is -0.143. The number of ether oxygens (including phenoxy) is 2. The fraction of sp³-hybridized carbons (Fsp3) is 0. The van der Waals surface area contributed by atoms with E-state index in [0.717, 1.165) is 21.5 Å². The zero-order chi connectivity index (χ0) is 21.9. The molecule has 0 saturated heterocycles. The van der Waals surface area contributed by atoms with Crippen molar-refractivity contribution in [3.63, 3.8) is 0 Å². The van der Waals surface area contributed by atoms with E-state index in [4.69, 9.17) is 9.47 Å². The molecule has 154 valence electrons. The number of fused-ring (bicyclic) bond motifs is 2. The molecule has 0 spiro atoms. The van der Waals surface area contributed by atoms with Crippen molar-refractivity contribution in [2.45, 2.75) is 0 Å². The normalized spacial score (nSPS) is 10.8. The largest absolute Gasteiger partial charge is 0.422 e. The zero-order valence-electron chi connectivity index (χ0n) is 17.0. The Morgan fingerprint density at radius 3 is 1.38 bits per heavy atom. The Labute approximate surface area is 184 Å². The highest BCUT2D eigenvalue weighted by molar-refractivity contribution is 5.99. The van der Waals surface area contributed by atoms with Crippen LogP contribution in [-0.2, 0) is 0 Å². The lowest BCUT2D eigenvalue weighted by molar-refractivity contribution is 0.0737. The molecule has 4 nitrogen and oxygen atoms in total. The maximum Gasteiger partial charge on any atom is 0.343 e. The highest BCUT2D eigenvalue weighted by Crippen LogP contribution is 2.27. The van der Waals surface area contributed by atoms with Gasteiger partial charge in [0.05, 0.1) is 11.1 Å². The molecule has 0 bridgehead atoms. The van der Waals surface area contributed by atoms with Gasteiger partial charge >= 0.3 is 11.9 Å². The van der Waals surface area contributed by atoms with Crippen LogP contribution in [0.15, 0.2) is 109 Å². The van der Waals surface area contributed by atoms with E-state index in [2.05, 4.69) is 0 Å². The SMILES string of the molecule is O=C(Oc1cccc2ccccc12)c1cccc(C(=O)Oc2cccc3ccccc23)c1. The van der Waals surface area contributed by atoms with Gasteiger partial charge in [-0.3, -0.25) is 0 Å². The molecule has 0 aliphatic heterocycles. The Morgan fingerprint density at radius 1 is 0.469 bits per heavy atom. The van der Waals surface area contributed by atoms with E-state index in [9.17, 15) is 9.59 Å². The Bertz CT molecular complexity index is 1350. The molecule has 0 atom stereocenters. The van der Waals surface area contributed by atoms with E-state index < -0.39 is 11.9 Å². The summed E-state index contributed by atoms with van der Waals surface area (Å²) in [4.78, 5) is 25.6. The van der Waals surface area contributed by atoms with Crippen molar-refractivity contribution in [3.05, 3.63) is 120 Å². The second kappa shape index (κ2) is 8.36. The number of hydrogen-bond acceptors (Lipinski definition) is 4. The fourth-order valence-corrected chi connectivity index (χ4v) is 3.66. The Hall–Kier alpha value is -4.44. The van der Waals surface area contributed by atoms with Crippen LogP contribution in [0.4, 0.5) is 0 Å². The summed E-state index contributed by atoms with van der Waals surface area (Å²) in [6, 6.07) is 32.8. The minimum atomic E-state index is -0.541. The van der Waals surface area contributed by atoms with E-state index in [1.807, 2.05) is 72.8 Å². The topological polar surface area (TPSA) is 52.6 Å². The van der Waals surface area contributed by atoms with Crippen molar-refractivity contribution in [2.75, 3.05) is 0 Å². The van der Waals surface area contributed by atoms with Gasteiger partial charge in [-0.05, 0) is 41.1 Å². The average Bonchev–Trinajstić information content (AvgIpc) is 2.84. The Balaban J connectivity index is 1.39. The van der Waals surface area contributed by atoms with Crippen LogP contribution in [0, 0.1) is 0 Å². The molecule has 0 amide bonds. The molecule has 4 heteroatoms. The van der Waals surface area contributed by atoms with Gasteiger partial charge in [0.2, 0.25) is 0 Å². The Kier molecular flexibility index (Phi) is 5.10. The van der Waals surface area contributed by atoms with Crippen molar-refractivity contribution >= 4 is 33.5 Å². The molecule has 5 aromatic carbocycles. The molecule has 0 saturated carbocycles. The van der Waals surface area contributed by atoms with Crippen molar-refractivity contribution in [1.29, 1.82) is 0 Å². The molecule has 0 aliphatic carbocycles. The number of carbonyl (C=O) groups is 2. The van der Waals surface area contributed by atoms with Gasteiger partial charge in [-0.15, -0.1) is 0 Å². The van der Waals surface area contributed by atoms with Gasteiger partial charge < -0.3 is 9.47 Å². The lowest BCUT2D eigenvalue weighted by atomic mass is 10.1. The van der Waals surface area contributed by atoms with Gasteiger partial charge in [0, 0.05) is 10.8 Å². The third-order valence-electron chi connectivity index (χ3n) is 5.24. The van der Waals surface area contributed by atoms with Crippen LogP contribution in [-0.4, -0.2) is 11.9 Å². The molecule has 0 aromatic heterocycles. The molecule has 32 heavy (non-hydrogen) atoms. The molecular weight excluding hydrogens is 400 g/mol. The third kappa shape index (κ3) is 3.82. The Morgan fingerprint density at radius 2 is 0.875 bits per heavy atom. The van der Waals surface area contributed by atoms with Crippen molar-refractivity contribution < 1.29 is 19.1 Å². The quantitative estimate of drug-likeness (QED) is 0.249. The molecule has 0 heterocycles. The van der Waals surface area contributed by atoms with E-state index in [0.29, 0.717) is 11.5 Å². The maximum atomic E-state index is 12.8. The second-order valence-electron chi connectivity index (χ2n) is 7.31. The first-order valence-corrected chi connectivity index (χ1v) is 10.2. The standard InChI is InChI=1S/C28H18O4/c29-27(31-25-16-6-10-19-8-1-3-14-23(19)25)21-12-5-13-22(18-21)28(30)32-26-17-7-11-20-9-2-4-15-24(20)26/h1-18H. The van der Waals surface area contributed by atoms with Crippen molar-refractivity contribution in [2.24, 2.45) is 0 Å². The molecule has 5 aromatic rings. The maximum absolute atomic E-state index is 12.8. The van der Waals surface area contributed by atoms with Crippen LogP contribution in [0.25, 0.3) is 21.5 Å². The van der Waals surface area contributed by atoms with Crippen molar-refractivity contribution in [1.82, 2.24) is 0 Å². The van der Waals surface area contributed by atoms with Gasteiger partial charge in [-0.2, -0.15) is 0 Å². The molecule has 0 unspecified atom stereocenters. The smallest absolute Gasteiger partial charge is 0.343 e. The summed E-state index contributed by atoms with van der Waals surface area (Å²) < 4.78 is 11.3. The summed E-state index contributed by atoms with van der Waals surface area (Å²) in [5, 5.41) is 3.64. The van der Waals surface area contributed by atoms with Crippen LogP contribution in [0.1, 0.15) is 20.7 Å². The molecule has 0 aliphatic rings. The van der Waals surface area contributed by atoms with E-state index >= 15 is 0 Å². The number of esters is 2. The molecule has 0 N–H and O–H groups in total. The summed E-state index contributed by atoms with van der Waals surface area (Å²) >= 11 is 0. The minimum Gasteiger partial charge on any atom is -0.422 e. The van der Waals surface area contributed by atoms with E-state index in [1.54, 1.807) is 30.3 Å². The summed E-state index contributed by atoms with van der Waals surface area (Å²) in [7, 11) is 0. The van der Waals surface area contributed by atoms with Crippen LogP contribution < -0.4 is 9.47 Å². The first-order valence-electron chi connectivity index (χ1n) is 10.2. The van der Waals surface area contributed by atoms with Crippen LogP contribution in [0.3, 0.4) is 0 Å². The van der Waals surface area contributed by atoms with Gasteiger partial charge in [0.1, 0.15) is 11.5 Å². The molecular formula is C28H18O4. The minimum absolute atomic E-state index is 0.269. The first kappa shape index (κ1) is 19.5. The fourth-order valence-electron chi connectivity index (χ4n) is 3.66. The summed E-state index contributed by atoms with van der Waals surface area (Å²) in [6.07, 6.45) is 0. The zero-order valence-corrected chi connectivity index (χ0v) is 17.0. The van der Waals surface area contributed by atoms with Crippen LogP contribution in [0.5, 0.6) is 11.5 Å². The van der Waals surface area contributed by atoms with Gasteiger partial charge in [0.15, 0.2) is 0 Å². The van der Waals surface area contributed by atoms with Gasteiger partial charge in [-0.25, -0.2) is 9.59 Å². The first-order chi connectivity index (χ1) is 15.7. The predicted molar refractivity (Wildman–Crippen MR) is 124 cm³/mol. The molecule has 0 radical (unpaired) electrons.